The molecule has 2 rings (SSSR count). The highest BCUT2D eigenvalue weighted by molar-refractivity contribution is 5.52. The van der Waals surface area contributed by atoms with Crippen molar-refractivity contribution < 1.29 is 0 Å². The van der Waals surface area contributed by atoms with Crippen molar-refractivity contribution in [2.75, 3.05) is 0 Å². The Morgan fingerprint density at radius 1 is 0.571 bits per heavy atom. The summed E-state index contributed by atoms with van der Waals surface area (Å²) in [5.41, 5.74) is 2.57. The van der Waals surface area contributed by atoms with Gasteiger partial charge in [-0.05, 0) is 23.5 Å². The number of benzene rings is 2. The van der Waals surface area contributed by atoms with Gasteiger partial charge in [0, 0.05) is 0 Å². The molecule has 0 amide bonds. The van der Waals surface area contributed by atoms with Crippen LogP contribution in [0.1, 0.15) is 82.3 Å². The molecule has 0 nitrogen and oxygen atoms in total. The van der Waals surface area contributed by atoms with Crippen molar-refractivity contribution in [2.24, 2.45) is 5.92 Å². The molecule has 2 aromatic rings. The molecule has 0 spiro atoms. The standard InChI is InChI=1S/C28H38/c1-2-3-4-5-6-7-8-9-12-21-28(24-22-26-17-13-10-14-18-26)25-23-27-19-15-11-16-20-27/h10-11,13-20,22-25,28H,2-9,12,21H2,1H3. The zero-order chi connectivity index (χ0) is 19.7. The third-order valence-electron chi connectivity index (χ3n) is 5.31. The molecule has 0 heterocycles. The van der Waals surface area contributed by atoms with Crippen LogP contribution in [0.15, 0.2) is 72.8 Å². The Morgan fingerprint density at radius 2 is 1.00 bits per heavy atom. The smallest absolute Gasteiger partial charge is 0.00468 e. The largest absolute Gasteiger partial charge is 0.0770 e. The van der Waals surface area contributed by atoms with Crippen LogP contribution in [-0.4, -0.2) is 0 Å². The Labute approximate surface area is 173 Å². The Morgan fingerprint density at radius 3 is 1.46 bits per heavy atom. The fraction of sp³-hybridized carbons (Fsp3) is 0.429. The number of unbranched alkanes of at least 4 members (excludes halogenated alkanes) is 8. The average Bonchev–Trinajstić information content (AvgIpc) is 2.75. The van der Waals surface area contributed by atoms with Crippen LogP contribution < -0.4 is 0 Å². The molecule has 150 valence electrons. The average molecular weight is 375 g/mol. The van der Waals surface area contributed by atoms with Crippen molar-refractivity contribution in [3.8, 4) is 0 Å². The maximum absolute atomic E-state index is 2.37. The lowest BCUT2D eigenvalue weighted by Gasteiger charge is -2.08. The van der Waals surface area contributed by atoms with E-state index in [-0.39, 0.29) is 0 Å². The molecule has 0 saturated carbocycles. The maximum atomic E-state index is 2.37. The molecular weight excluding hydrogens is 336 g/mol. The summed E-state index contributed by atoms with van der Waals surface area (Å²) in [6, 6.07) is 21.3. The molecule has 0 saturated heterocycles. The van der Waals surface area contributed by atoms with E-state index in [0.717, 1.165) is 0 Å². The van der Waals surface area contributed by atoms with Gasteiger partial charge in [0.05, 0.1) is 0 Å². The fourth-order valence-corrected chi connectivity index (χ4v) is 3.55. The molecule has 0 fully saturated rings. The summed E-state index contributed by atoms with van der Waals surface area (Å²) in [6.07, 6.45) is 23.0. The molecule has 0 aliphatic rings. The van der Waals surface area contributed by atoms with E-state index in [2.05, 4.69) is 91.9 Å². The van der Waals surface area contributed by atoms with Crippen LogP contribution in [0.25, 0.3) is 12.2 Å². The Balaban J connectivity index is 1.77. The first-order valence-electron chi connectivity index (χ1n) is 11.3. The monoisotopic (exact) mass is 374 g/mol. The fourth-order valence-electron chi connectivity index (χ4n) is 3.55. The van der Waals surface area contributed by atoms with Crippen molar-refractivity contribution in [1.29, 1.82) is 0 Å². The first-order valence-corrected chi connectivity index (χ1v) is 11.3. The Kier molecular flexibility index (Phi) is 11.8. The Hall–Kier alpha value is -2.08. The summed E-state index contributed by atoms with van der Waals surface area (Å²) >= 11 is 0. The van der Waals surface area contributed by atoms with Crippen LogP contribution in [0.2, 0.25) is 0 Å². The Bertz CT molecular complexity index is 601. The predicted molar refractivity (Wildman–Crippen MR) is 126 cm³/mol. The summed E-state index contributed by atoms with van der Waals surface area (Å²) in [6.45, 7) is 2.29. The minimum Gasteiger partial charge on any atom is -0.0770 e. The van der Waals surface area contributed by atoms with Crippen LogP contribution in [0.4, 0.5) is 0 Å². The van der Waals surface area contributed by atoms with Gasteiger partial charge in [-0.25, -0.2) is 0 Å². The van der Waals surface area contributed by atoms with Crippen molar-refractivity contribution in [1.82, 2.24) is 0 Å². The number of hydrogen-bond donors (Lipinski definition) is 0. The van der Waals surface area contributed by atoms with Gasteiger partial charge in [0.25, 0.3) is 0 Å². The molecule has 0 bridgehead atoms. The first-order chi connectivity index (χ1) is 13.9. The maximum Gasteiger partial charge on any atom is -0.00468 e. The lowest BCUT2D eigenvalue weighted by Crippen LogP contribution is -1.93. The quantitative estimate of drug-likeness (QED) is 0.289. The molecule has 0 aromatic heterocycles. The zero-order valence-electron chi connectivity index (χ0n) is 17.7. The van der Waals surface area contributed by atoms with E-state index in [4.69, 9.17) is 0 Å². The second-order valence-electron chi connectivity index (χ2n) is 7.82. The first kappa shape index (κ1) is 22.2. The molecule has 0 unspecified atom stereocenters. The van der Waals surface area contributed by atoms with Crippen LogP contribution >= 0.6 is 0 Å². The van der Waals surface area contributed by atoms with Gasteiger partial charge >= 0.3 is 0 Å². The molecule has 0 aliphatic carbocycles. The highest BCUT2D eigenvalue weighted by Crippen LogP contribution is 2.18. The predicted octanol–water partition coefficient (Wildman–Crippen LogP) is 8.95. The van der Waals surface area contributed by atoms with Gasteiger partial charge in [0.2, 0.25) is 0 Å². The van der Waals surface area contributed by atoms with Gasteiger partial charge in [0.15, 0.2) is 0 Å². The summed E-state index contributed by atoms with van der Waals surface area (Å²) < 4.78 is 0. The molecular formula is C28H38. The number of rotatable bonds is 14. The SMILES string of the molecule is CCCCCCCCCCCC(C=Cc1ccccc1)C=Cc1ccccc1. The van der Waals surface area contributed by atoms with Crippen LogP contribution in [-0.2, 0) is 0 Å². The van der Waals surface area contributed by atoms with Gasteiger partial charge < -0.3 is 0 Å². The minimum absolute atomic E-state index is 0.505. The highest BCUT2D eigenvalue weighted by Gasteiger charge is 2.01. The number of hydrogen-bond acceptors (Lipinski definition) is 0. The molecule has 0 radical (unpaired) electrons. The lowest BCUT2D eigenvalue weighted by molar-refractivity contribution is 0.543. The van der Waals surface area contributed by atoms with E-state index in [1.165, 1.54) is 75.3 Å². The molecule has 28 heavy (non-hydrogen) atoms. The van der Waals surface area contributed by atoms with Crippen molar-refractivity contribution in [3.05, 3.63) is 83.9 Å². The van der Waals surface area contributed by atoms with E-state index in [9.17, 15) is 0 Å². The topological polar surface area (TPSA) is 0 Å². The summed E-state index contributed by atoms with van der Waals surface area (Å²) in [4.78, 5) is 0. The van der Waals surface area contributed by atoms with Gasteiger partial charge in [-0.3, -0.25) is 0 Å². The van der Waals surface area contributed by atoms with Gasteiger partial charge in [-0.15, -0.1) is 0 Å². The zero-order valence-corrected chi connectivity index (χ0v) is 17.7. The molecule has 0 heteroatoms. The molecule has 2 aromatic carbocycles. The van der Waals surface area contributed by atoms with Crippen LogP contribution in [0, 0.1) is 5.92 Å². The summed E-state index contributed by atoms with van der Waals surface area (Å²) in [5, 5.41) is 0. The summed E-state index contributed by atoms with van der Waals surface area (Å²) in [5.74, 6) is 0.505. The molecule has 0 N–H and O–H groups in total. The third kappa shape index (κ3) is 10.3. The van der Waals surface area contributed by atoms with E-state index in [0.29, 0.717) is 5.92 Å². The van der Waals surface area contributed by atoms with E-state index in [1.54, 1.807) is 0 Å². The van der Waals surface area contributed by atoms with Crippen molar-refractivity contribution in [3.63, 3.8) is 0 Å². The van der Waals surface area contributed by atoms with Crippen LogP contribution in [0.3, 0.4) is 0 Å². The van der Waals surface area contributed by atoms with Crippen LogP contribution in [0.5, 0.6) is 0 Å². The second kappa shape index (κ2) is 14.9. The van der Waals surface area contributed by atoms with Gasteiger partial charge in [-0.2, -0.15) is 0 Å². The third-order valence-corrected chi connectivity index (χ3v) is 5.31. The van der Waals surface area contributed by atoms with E-state index in [1.807, 2.05) is 0 Å². The van der Waals surface area contributed by atoms with E-state index < -0.39 is 0 Å². The molecule has 0 aliphatic heterocycles. The summed E-state index contributed by atoms with van der Waals surface area (Å²) in [7, 11) is 0. The van der Waals surface area contributed by atoms with Gasteiger partial charge in [-0.1, -0.05) is 150 Å². The van der Waals surface area contributed by atoms with Crippen molar-refractivity contribution >= 4 is 12.2 Å². The van der Waals surface area contributed by atoms with E-state index >= 15 is 0 Å². The highest BCUT2D eigenvalue weighted by atomic mass is 14.1. The van der Waals surface area contributed by atoms with Gasteiger partial charge in [0.1, 0.15) is 0 Å². The lowest BCUT2D eigenvalue weighted by atomic mass is 9.97. The second-order valence-corrected chi connectivity index (χ2v) is 7.82. The molecule has 0 atom stereocenters. The minimum atomic E-state index is 0.505. The normalized spacial score (nSPS) is 12.8. The van der Waals surface area contributed by atoms with Crippen molar-refractivity contribution in [2.45, 2.75) is 71.1 Å². The number of allylic oxidation sites excluding steroid dienone is 2.